The van der Waals surface area contributed by atoms with Gasteiger partial charge in [0.25, 0.3) is 5.91 Å². The first kappa shape index (κ1) is 13.6. The van der Waals surface area contributed by atoms with Crippen LogP contribution in [-0.2, 0) is 16.1 Å². The molecule has 0 bridgehead atoms. The Kier molecular flexibility index (Phi) is 4.33. The Morgan fingerprint density at radius 1 is 1.30 bits per heavy atom. The molecule has 2 aromatic heterocycles. The Labute approximate surface area is 114 Å². The van der Waals surface area contributed by atoms with Gasteiger partial charge in [-0.1, -0.05) is 0 Å². The van der Waals surface area contributed by atoms with Crippen molar-refractivity contribution in [2.24, 2.45) is 0 Å². The van der Waals surface area contributed by atoms with Crippen LogP contribution in [0, 0.1) is 5.21 Å². The summed E-state index contributed by atoms with van der Waals surface area (Å²) in [4.78, 5) is 23.0. The van der Waals surface area contributed by atoms with Gasteiger partial charge in [-0.05, 0) is 18.2 Å². The van der Waals surface area contributed by atoms with Gasteiger partial charge in [0, 0.05) is 12.1 Å². The van der Waals surface area contributed by atoms with Crippen LogP contribution in [0.2, 0.25) is 0 Å². The van der Waals surface area contributed by atoms with E-state index in [0.717, 1.165) is 0 Å². The predicted molar refractivity (Wildman–Crippen MR) is 66.2 cm³/mol. The van der Waals surface area contributed by atoms with E-state index in [-0.39, 0.29) is 12.2 Å². The van der Waals surface area contributed by atoms with E-state index in [1.54, 1.807) is 12.1 Å². The summed E-state index contributed by atoms with van der Waals surface area (Å²) in [6.07, 6.45) is 2.66. The highest BCUT2D eigenvalue weighted by Crippen LogP contribution is 1.99. The van der Waals surface area contributed by atoms with E-state index >= 15 is 0 Å². The van der Waals surface area contributed by atoms with E-state index in [1.165, 1.54) is 30.7 Å². The molecule has 0 aliphatic rings. The minimum atomic E-state index is -0.853. The second-order valence-corrected chi connectivity index (χ2v) is 3.84. The number of nitrogens with zero attached hydrogens (tertiary/aromatic N) is 1. The van der Waals surface area contributed by atoms with Gasteiger partial charge in [0.1, 0.15) is 5.76 Å². The van der Waals surface area contributed by atoms with Crippen LogP contribution in [0.15, 0.2) is 47.2 Å². The molecule has 2 rings (SSSR count). The first-order valence-corrected chi connectivity index (χ1v) is 5.81. The molecule has 0 radical (unpaired) electrons. The number of carbonyl (C=O) groups excluding carboxylic acids is 2. The largest absolute Gasteiger partial charge is 0.618 e. The molecule has 0 saturated carbocycles. The van der Waals surface area contributed by atoms with Crippen molar-refractivity contribution in [2.45, 2.75) is 6.54 Å². The van der Waals surface area contributed by atoms with Crippen LogP contribution >= 0.6 is 0 Å². The number of esters is 1. The normalized spacial score (nSPS) is 10.0. The molecule has 0 unspecified atom stereocenters. The molecule has 7 nitrogen and oxygen atoms in total. The summed E-state index contributed by atoms with van der Waals surface area (Å²) in [5.41, 5.74) is -0.175. The number of nitrogens with one attached hydrogen (secondary N) is 1. The summed E-state index contributed by atoms with van der Waals surface area (Å²) in [6.45, 7) is -0.259. The fourth-order valence-corrected chi connectivity index (χ4v) is 1.44. The number of carbonyl (C=O) groups is 2. The van der Waals surface area contributed by atoms with Crippen molar-refractivity contribution in [3.63, 3.8) is 0 Å². The van der Waals surface area contributed by atoms with Gasteiger partial charge in [0.15, 0.2) is 12.8 Å². The molecule has 1 N–H and O–H groups in total. The van der Waals surface area contributed by atoms with Crippen molar-refractivity contribution < 1.29 is 23.5 Å². The van der Waals surface area contributed by atoms with Crippen molar-refractivity contribution in [1.29, 1.82) is 0 Å². The summed E-state index contributed by atoms with van der Waals surface area (Å²) in [5.74, 6) is -0.748. The Balaban J connectivity index is 1.78. The zero-order chi connectivity index (χ0) is 14.4. The van der Waals surface area contributed by atoms with Crippen LogP contribution in [0.5, 0.6) is 0 Å². The van der Waals surface area contributed by atoms with Crippen molar-refractivity contribution in [2.75, 3.05) is 6.61 Å². The van der Waals surface area contributed by atoms with Crippen LogP contribution in [-0.4, -0.2) is 18.5 Å². The smallest absolute Gasteiger partial charge is 0.405 e. The Bertz CT molecular complexity index is 595. The van der Waals surface area contributed by atoms with Crippen molar-refractivity contribution >= 4 is 11.9 Å². The molecule has 0 aromatic carbocycles. The molecule has 0 aliphatic carbocycles. The maximum Gasteiger partial charge on any atom is 0.405 e. The molecule has 20 heavy (non-hydrogen) atoms. The van der Waals surface area contributed by atoms with Crippen molar-refractivity contribution in [3.05, 3.63) is 59.5 Å². The standard InChI is InChI=1S/C13H12N2O5/c16-12(14-8-10-4-3-7-19-10)9-20-13(17)11-5-1-2-6-15(11)18/h1-7H,8-9H2,(H,14,16). The molecule has 1 amide bonds. The number of hydrogen-bond donors (Lipinski definition) is 1. The number of rotatable bonds is 5. The average molecular weight is 276 g/mol. The summed E-state index contributed by atoms with van der Waals surface area (Å²) in [7, 11) is 0. The maximum absolute atomic E-state index is 11.6. The number of aromatic nitrogens is 1. The number of hydrogen-bond acceptors (Lipinski definition) is 5. The van der Waals surface area contributed by atoms with Crippen LogP contribution < -0.4 is 10.0 Å². The highest BCUT2D eigenvalue weighted by atomic mass is 16.5. The van der Waals surface area contributed by atoms with Gasteiger partial charge in [-0.3, -0.25) is 4.79 Å². The Morgan fingerprint density at radius 2 is 2.15 bits per heavy atom. The third-order valence-corrected chi connectivity index (χ3v) is 2.41. The lowest BCUT2D eigenvalue weighted by Gasteiger charge is -2.05. The minimum Gasteiger partial charge on any atom is -0.618 e. The lowest BCUT2D eigenvalue weighted by atomic mass is 10.3. The van der Waals surface area contributed by atoms with Crippen LogP contribution in [0.1, 0.15) is 16.2 Å². The lowest BCUT2D eigenvalue weighted by Crippen LogP contribution is -2.36. The summed E-state index contributed by atoms with van der Waals surface area (Å²) in [5, 5.41) is 13.8. The number of pyridine rings is 1. The molecule has 0 saturated heterocycles. The van der Waals surface area contributed by atoms with E-state index in [4.69, 9.17) is 9.15 Å². The SMILES string of the molecule is O=C(COC(=O)c1cccc[n+]1[O-])NCc1ccco1. The van der Waals surface area contributed by atoms with Gasteiger partial charge < -0.3 is 19.7 Å². The zero-order valence-electron chi connectivity index (χ0n) is 10.4. The van der Waals surface area contributed by atoms with Gasteiger partial charge in [-0.25, -0.2) is 4.79 Å². The van der Waals surface area contributed by atoms with Gasteiger partial charge in [-0.2, -0.15) is 4.73 Å². The Hall–Kier alpha value is -2.83. The van der Waals surface area contributed by atoms with Gasteiger partial charge in [-0.15, -0.1) is 0 Å². The second-order valence-electron chi connectivity index (χ2n) is 3.84. The molecule has 2 heterocycles. The molecular weight excluding hydrogens is 264 g/mol. The zero-order valence-corrected chi connectivity index (χ0v) is 10.4. The van der Waals surface area contributed by atoms with Gasteiger partial charge >= 0.3 is 11.7 Å². The number of ether oxygens (including phenoxy) is 1. The quantitative estimate of drug-likeness (QED) is 0.484. The molecule has 0 fully saturated rings. The van der Waals surface area contributed by atoms with Gasteiger partial charge in [0.2, 0.25) is 0 Å². The van der Waals surface area contributed by atoms with E-state index in [1.807, 2.05) is 0 Å². The van der Waals surface area contributed by atoms with Crippen LogP contribution in [0.25, 0.3) is 0 Å². The third-order valence-electron chi connectivity index (χ3n) is 2.41. The minimum absolute atomic E-state index is 0.175. The second kappa shape index (κ2) is 6.37. The van der Waals surface area contributed by atoms with E-state index in [9.17, 15) is 14.8 Å². The maximum atomic E-state index is 11.6. The molecule has 2 aromatic rings. The summed E-state index contributed by atoms with van der Waals surface area (Å²) < 4.78 is 10.1. The average Bonchev–Trinajstić information content (AvgIpc) is 2.96. The number of furan rings is 1. The molecule has 0 aliphatic heterocycles. The lowest BCUT2D eigenvalue weighted by molar-refractivity contribution is -0.608. The Morgan fingerprint density at radius 3 is 2.85 bits per heavy atom. The first-order chi connectivity index (χ1) is 9.66. The molecule has 104 valence electrons. The number of amides is 1. The van der Waals surface area contributed by atoms with Crippen molar-refractivity contribution in [1.82, 2.24) is 5.32 Å². The molecule has 0 spiro atoms. The highest BCUT2D eigenvalue weighted by Gasteiger charge is 2.17. The topological polar surface area (TPSA) is 95.5 Å². The van der Waals surface area contributed by atoms with Crippen LogP contribution in [0.4, 0.5) is 0 Å². The van der Waals surface area contributed by atoms with Crippen molar-refractivity contribution in [3.8, 4) is 0 Å². The summed E-state index contributed by atoms with van der Waals surface area (Å²) in [6, 6.07) is 7.73. The van der Waals surface area contributed by atoms with E-state index in [0.29, 0.717) is 10.5 Å². The monoisotopic (exact) mass is 276 g/mol. The fourth-order valence-electron chi connectivity index (χ4n) is 1.44. The third kappa shape index (κ3) is 3.58. The van der Waals surface area contributed by atoms with E-state index < -0.39 is 18.5 Å². The first-order valence-electron chi connectivity index (χ1n) is 5.81. The van der Waals surface area contributed by atoms with Gasteiger partial charge in [0.05, 0.1) is 12.8 Å². The fraction of sp³-hybridized carbons (Fsp3) is 0.154. The van der Waals surface area contributed by atoms with Crippen LogP contribution in [0.3, 0.4) is 0 Å². The molecule has 7 heteroatoms. The summed E-state index contributed by atoms with van der Waals surface area (Å²) >= 11 is 0. The molecule has 0 atom stereocenters. The predicted octanol–water partition coefficient (Wildman–Crippen LogP) is 0.386. The highest BCUT2D eigenvalue weighted by molar-refractivity contribution is 5.88. The van der Waals surface area contributed by atoms with E-state index in [2.05, 4.69) is 5.32 Å². The molecular formula is C13H12N2O5.